The summed E-state index contributed by atoms with van der Waals surface area (Å²) in [4.78, 5) is 4.60. The zero-order valence-corrected chi connectivity index (χ0v) is 17.6. The topological polar surface area (TPSA) is 76.4 Å². The molecule has 1 aromatic heterocycles. The third-order valence-electron chi connectivity index (χ3n) is 4.40. The molecule has 0 fully saturated rings. The Morgan fingerprint density at radius 1 is 1.13 bits per heavy atom. The fourth-order valence-electron chi connectivity index (χ4n) is 2.52. The zero-order valence-electron chi connectivity index (χ0n) is 17.6. The Labute approximate surface area is 174 Å². The van der Waals surface area contributed by atoms with Gasteiger partial charge in [0.05, 0.1) is 19.7 Å². The Bertz CT molecular complexity index is 802. The van der Waals surface area contributed by atoms with Gasteiger partial charge in [-0.2, -0.15) is 13.2 Å². The van der Waals surface area contributed by atoms with Crippen LogP contribution in [0.25, 0.3) is 0 Å². The van der Waals surface area contributed by atoms with Gasteiger partial charge in [-0.3, -0.25) is 0 Å². The number of hydrogen-bond donors (Lipinski definition) is 2. The summed E-state index contributed by atoms with van der Waals surface area (Å²) in [5.41, 5.74) is 1.63. The second-order valence-electron chi connectivity index (χ2n) is 6.95. The van der Waals surface area contributed by atoms with Gasteiger partial charge in [-0.25, -0.2) is 4.99 Å². The molecule has 0 aliphatic carbocycles. The van der Waals surface area contributed by atoms with Crippen LogP contribution in [-0.4, -0.2) is 40.1 Å². The first-order valence-electron chi connectivity index (χ1n) is 9.88. The molecule has 30 heavy (non-hydrogen) atoms. The summed E-state index contributed by atoms with van der Waals surface area (Å²) in [6, 6.07) is 7.18. The third-order valence-corrected chi connectivity index (χ3v) is 4.40. The Kier molecular flexibility index (Phi) is 9.10. The van der Waals surface area contributed by atoms with Crippen LogP contribution in [0.5, 0.6) is 0 Å². The van der Waals surface area contributed by atoms with Gasteiger partial charge < -0.3 is 19.9 Å². The van der Waals surface area contributed by atoms with Crippen molar-refractivity contribution in [3.63, 3.8) is 0 Å². The van der Waals surface area contributed by atoms with Gasteiger partial charge in [0.2, 0.25) is 0 Å². The molecule has 166 valence electrons. The number of nitrogens with one attached hydrogen (secondary N) is 2. The van der Waals surface area contributed by atoms with Gasteiger partial charge >= 0.3 is 6.18 Å². The normalized spacial score (nSPS) is 12.3. The molecule has 0 atom stereocenters. The van der Waals surface area contributed by atoms with E-state index in [1.54, 1.807) is 12.1 Å². The maximum atomic E-state index is 12.1. The number of alkyl halides is 3. The maximum absolute atomic E-state index is 12.1. The lowest BCUT2D eigenvalue weighted by molar-refractivity contribution is -0.176. The quantitative estimate of drug-likeness (QED) is 0.347. The van der Waals surface area contributed by atoms with Gasteiger partial charge in [0, 0.05) is 13.6 Å². The highest BCUT2D eigenvalue weighted by Gasteiger charge is 2.27. The minimum absolute atomic E-state index is 0.0778. The molecule has 0 saturated carbocycles. The molecule has 0 aliphatic rings. The molecule has 1 aromatic carbocycles. The first-order chi connectivity index (χ1) is 14.3. The van der Waals surface area contributed by atoms with E-state index in [1.165, 1.54) is 0 Å². The fourth-order valence-corrected chi connectivity index (χ4v) is 2.52. The number of aryl methyl sites for hydroxylation is 1. The second-order valence-corrected chi connectivity index (χ2v) is 6.95. The van der Waals surface area contributed by atoms with E-state index in [9.17, 15) is 13.2 Å². The van der Waals surface area contributed by atoms with Crippen LogP contribution < -0.4 is 10.6 Å². The Morgan fingerprint density at radius 3 is 2.43 bits per heavy atom. The number of aromatic nitrogens is 3. The monoisotopic (exact) mass is 426 g/mol. The van der Waals surface area contributed by atoms with Crippen molar-refractivity contribution < 1.29 is 17.9 Å². The molecule has 0 bridgehead atoms. The van der Waals surface area contributed by atoms with Crippen molar-refractivity contribution in [2.24, 2.45) is 12.0 Å². The number of nitrogens with zero attached hydrogens (tertiary/aromatic N) is 4. The molecule has 0 saturated heterocycles. The Morgan fingerprint density at radius 2 is 1.83 bits per heavy atom. The third kappa shape index (κ3) is 8.40. The van der Waals surface area contributed by atoms with Crippen molar-refractivity contribution in [2.75, 3.05) is 13.2 Å². The van der Waals surface area contributed by atoms with E-state index in [2.05, 4.69) is 37.5 Å². The molecule has 0 aliphatic heterocycles. The summed E-state index contributed by atoms with van der Waals surface area (Å²) in [6.07, 6.45) is -2.22. The number of halogens is 3. The molecule has 2 aromatic rings. The molecule has 1 heterocycles. The van der Waals surface area contributed by atoms with Gasteiger partial charge in [0.25, 0.3) is 0 Å². The van der Waals surface area contributed by atoms with Crippen LogP contribution in [-0.2, 0) is 31.5 Å². The average Bonchev–Trinajstić information content (AvgIpc) is 3.02. The van der Waals surface area contributed by atoms with Crippen LogP contribution in [0, 0.1) is 6.92 Å². The smallest absolute Gasteiger partial charge is 0.367 e. The predicted octanol–water partition coefficient (Wildman–Crippen LogP) is 3.24. The average molecular weight is 426 g/mol. The van der Waals surface area contributed by atoms with Gasteiger partial charge in [-0.15, -0.1) is 10.2 Å². The molecule has 7 nitrogen and oxygen atoms in total. The fraction of sp³-hybridized carbons (Fsp3) is 0.550. The molecule has 2 N–H and O–H groups in total. The molecule has 0 unspecified atom stereocenters. The van der Waals surface area contributed by atoms with E-state index in [-0.39, 0.29) is 6.61 Å². The molecule has 0 radical (unpaired) electrons. The summed E-state index contributed by atoms with van der Waals surface area (Å²) in [5.74, 6) is 2.31. The first-order valence-corrected chi connectivity index (χ1v) is 9.88. The van der Waals surface area contributed by atoms with Crippen LogP contribution in [0.3, 0.4) is 0 Å². The summed E-state index contributed by atoms with van der Waals surface area (Å²) >= 11 is 0. The first kappa shape index (κ1) is 23.7. The van der Waals surface area contributed by atoms with Crippen molar-refractivity contribution in [1.82, 2.24) is 25.4 Å². The maximum Gasteiger partial charge on any atom is 0.411 e. The van der Waals surface area contributed by atoms with Crippen LogP contribution in [0.2, 0.25) is 0 Å². The number of unbranched alkanes of at least 4 members (excludes halogenated alkanes) is 1. The van der Waals surface area contributed by atoms with E-state index >= 15 is 0 Å². The Hall–Kier alpha value is -2.62. The highest BCUT2D eigenvalue weighted by Crippen LogP contribution is 2.16. The minimum atomic E-state index is -4.31. The number of rotatable bonds is 10. The SMILES string of the molecule is CCCCNC(=NCc1ccc(COCC(F)(F)F)cc1)NCc1nnc(C)n1C. The van der Waals surface area contributed by atoms with Gasteiger partial charge in [0.1, 0.15) is 12.4 Å². The van der Waals surface area contributed by atoms with E-state index in [4.69, 9.17) is 0 Å². The van der Waals surface area contributed by atoms with Gasteiger partial charge in [-0.1, -0.05) is 37.6 Å². The van der Waals surface area contributed by atoms with Crippen molar-refractivity contribution in [1.29, 1.82) is 0 Å². The molecule has 2 rings (SSSR count). The lowest BCUT2D eigenvalue weighted by atomic mass is 10.1. The zero-order chi connectivity index (χ0) is 22.0. The highest BCUT2D eigenvalue weighted by atomic mass is 19.4. The summed E-state index contributed by atoms with van der Waals surface area (Å²) < 4.78 is 43.0. The van der Waals surface area contributed by atoms with E-state index < -0.39 is 12.8 Å². The molecule has 0 spiro atoms. The van der Waals surface area contributed by atoms with Crippen molar-refractivity contribution in [3.05, 3.63) is 47.0 Å². The van der Waals surface area contributed by atoms with Crippen molar-refractivity contribution in [2.45, 2.75) is 52.6 Å². The lowest BCUT2D eigenvalue weighted by Gasteiger charge is -2.12. The predicted molar refractivity (Wildman–Crippen MR) is 109 cm³/mol. The number of hydrogen-bond acceptors (Lipinski definition) is 4. The largest absolute Gasteiger partial charge is 0.411 e. The van der Waals surface area contributed by atoms with Gasteiger partial charge in [-0.05, 0) is 24.5 Å². The molecular weight excluding hydrogens is 397 g/mol. The molecule has 10 heteroatoms. The van der Waals surface area contributed by atoms with Crippen LogP contribution in [0.15, 0.2) is 29.3 Å². The van der Waals surface area contributed by atoms with Gasteiger partial charge in [0.15, 0.2) is 11.8 Å². The van der Waals surface area contributed by atoms with Crippen molar-refractivity contribution in [3.8, 4) is 0 Å². The second kappa shape index (κ2) is 11.5. The molecule has 0 amide bonds. The Balaban J connectivity index is 1.92. The summed E-state index contributed by atoms with van der Waals surface area (Å²) in [5, 5.41) is 14.7. The number of benzene rings is 1. The summed E-state index contributed by atoms with van der Waals surface area (Å²) in [6.45, 7) is 4.41. The highest BCUT2D eigenvalue weighted by molar-refractivity contribution is 5.79. The van der Waals surface area contributed by atoms with Crippen LogP contribution >= 0.6 is 0 Å². The number of ether oxygens (including phenoxy) is 1. The van der Waals surface area contributed by atoms with Crippen LogP contribution in [0.1, 0.15) is 42.5 Å². The minimum Gasteiger partial charge on any atom is -0.367 e. The number of aliphatic imine (C=N–C) groups is 1. The summed E-state index contributed by atoms with van der Waals surface area (Å²) in [7, 11) is 1.91. The standard InChI is InChI=1S/C20H29F3N6O/c1-4-5-10-24-19(26-12-18-28-27-15(2)29(18)3)25-11-16-6-8-17(9-7-16)13-30-14-20(21,22)23/h6-9H,4-5,10-14H2,1-3H3,(H2,24,25,26). The number of guanidine groups is 1. The molecular formula is C20H29F3N6O. The van der Waals surface area contributed by atoms with Crippen molar-refractivity contribution >= 4 is 5.96 Å². The van der Waals surface area contributed by atoms with E-state index in [0.717, 1.165) is 36.6 Å². The van der Waals surface area contributed by atoms with E-state index in [0.29, 0.717) is 24.6 Å². The van der Waals surface area contributed by atoms with Crippen LogP contribution in [0.4, 0.5) is 13.2 Å². The lowest BCUT2D eigenvalue weighted by Crippen LogP contribution is -2.38. The van der Waals surface area contributed by atoms with E-state index in [1.807, 2.05) is 30.7 Å².